The van der Waals surface area contributed by atoms with Crippen molar-refractivity contribution < 1.29 is 14.3 Å². The van der Waals surface area contributed by atoms with Gasteiger partial charge in [0, 0.05) is 31.1 Å². The molecule has 2 N–H and O–H groups in total. The predicted molar refractivity (Wildman–Crippen MR) is 129 cm³/mol. The molecule has 4 atom stereocenters. The number of rotatable bonds is 6. The molecule has 3 heterocycles. The highest BCUT2D eigenvalue weighted by Crippen LogP contribution is 2.44. The number of nitrogens with one attached hydrogen (secondary N) is 2. The number of carbonyl (C=O) groups excluding carboxylic acids is 2. The van der Waals surface area contributed by atoms with Crippen molar-refractivity contribution in [3.8, 4) is 0 Å². The third-order valence-electron chi connectivity index (χ3n) is 7.11. The highest BCUT2D eigenvalue weighted by molar-refractivity contribution is 5.88. The van der Waals surface area contributed by atoms with Gasteiger partial charge in [0.05, 0.1) is 23.6 Å². The lowest BCUT2D eigenvalue weighted by molar-refractivity contribution is -0.135. The zero-order valence-electron chi connectivity index (χ0n) is 20.5. The van der Waals surface area contributed by atoms with E-state index in [-0.39, 0.29) is 29.3 Å². The average molecular weight is 467 g/mol. The van der Waals surface area contributed by atoms with Crippen LogP contribution in [0, 0.1) is 11.3 Å². The number of ether oxygens (including phenoxy) is 1. The first-order valence-electron chi connectivity index (χ1n) is 12.2. The number of piperazine rings is 1. The van der Waals surface area contributed by atoms with E-state index in [0.29, 0.717) is 31.5 Å². The molecule has 2 amide bonds. The highest BCUT2D eigenvalue weighted by Gasteiger charge is 2.53. The Morgan fingerprint density at radius 1 is 1.29 bits per heavy atom. The van der Waals surface area contributed by atoms with Gasteiger partial charge in [-0.15, -0.1) is 0 Å². The second kappa shape index (κ2) is 8.37. The summed E-state index contributed by atoms with van der Waals surface area (Å²) in [4.78, 5) is 38.7. The number of amides is 2. The Morgan fingerprint density at radius 3 is 2.79 bits per heavy atom. The van der Waals surface area contributed by atoms with E-state index in [9.17, 15) is 9.59 Å². The summed E-state index contributed by atoms with van der Waals surface area (Å²) in [6, 6.07) is 0.694. The number of hydrogen-bond donors (Lipinski definition) is 2. The molecule has 1 saturated carbocycles. The van der Waals surface area contributed by atoms with Gasteiger partial charge in [0.15, 0.2) is 0 Å². The van der Waals surface area contributed by atoms with Gasteiger partial charge >= 0.3 is 6.09 Å². The van der Waals surface area contributed by atoms with E-state index in [1.165, 1.54) is 6.33 Å². The molecule has 2 aliphatic carbocycles. The number of allylic oxidation sites excluding steroid dienone is 3. The van der Waals surface area contributed by atoms with Gasteiger partial charge in [-0.25, -0.2) is 14.8 Å². The van der Waals surface area contributed by atoms with Crippen LogP contribution in [0.1, 0.15) is 52.7 Å². The van der Waals surface area contributed by atoms with Crippen molar-refractivity contribution in [1.82, 2.24) is 20.2 Å². The molecule has 0 aromatic carbocycles. The van der Waals surface area contributed by atoms with Crippen LogP contribution in [0.4, 0.5) is 16.4 Å². The SMILES string of the molecule is CC(C)NC[C@@H](C(=O)N1CCN(c2ncnc3c2[C@@H](C)OC(=O)N3)[C@H]2C[C@H]21)C1=CC(C)(C)C=C1. The molecule has 5 rings (SSSR count). The summed E-state index contributed by atoms with van der Waals surface area (Å²) in [5.74, 6) is 1.30. The van der Waals surface area contributed by atoms with E-state index in [2.05, 4.69) is 76.3 Å². The van der Waals surface area contributed by atoms with Gasteiger partial charge in [0.25, 0.3) is 0 Å². The number of cyclic esters (lactones) is 1. The minimum atomic E-state index is -0.496. The lowest BCUT2D eigenvalue weighted by atomic mass is 9.92. The zero-order chi connectivity index (χ0) is 24.2. The van der Waals surface area contributed by atoms with Crippen molar-refractivity contribution in [3.05, 3.63) is 35.7 Å². The van der Waals surface area contributed by atoms with Crippen molar-refractivity contribution in [2.24, 2.45) is 11.3 Å². The molecule has 0 radical (unpaired) electrons. The first-order valence-corrected chi connectivity index (χ1v) is 12.2. The second-order valence-electron chi connectivity index (χ2n) is 10.6. The quantitative estimate of drug-likeness (QED) is 0.665. The van der Waals surface area contributed by atoms with E-state index >= 15 is 0 Å². The van der Waals surface area contributed by atoms with Crippen LogP contribution < -0.4 is 15.5 Å². The zero-order valence-corrected chi connectivity index (χ0v) is 20.5. The van der Waals surface area contributed by atoms with Crippen molar-refractivity contribution >= 4 is 23.6 Å². The molecule has 9 heteroatoms. The molecule has 9 nitrogen and oxygen atoms in total. The van der Waals surface area contributed by atoms with Gasteiger partial charge in [0.1, 0.15) is 24.1 Å². The third-order valence-corrected chi connectivity index (χ3v) is 7.11. The Hall–Kier alpha value is -2.94. The van der Waals surface area contributed by atoms with E-state index in [4.69, 9.17) is 4.74 Å². The summed E-state index contributed by atoms with van der Waals surface area (Å²) < 4.78 is 5.36. The Bertz CT molecular complexity index is 1060. The molecule has 34 heavy (non-hydrogen) atoms. The van der Waals surface area contributed by atoms with Crippen LogP contribution in [-0.2, 0) is 9.53 Å². The molecular weight excluding hydrogens is 432 g/mol. The van der Waals surface area contributed by atoms with Crippen molar-refractivity contribution in [2.45, 2.75) is 65.3 Å². The maximum Gasteiger partial charge on any atom is 0.413 e. The smallest absolute Gasteiger partial charge is 0.413 e. The average Bonchev–Trinajstić information content (AvgIpc) is 3.49. The fourth-order valence-corrected chi connectivity index (χ4v) is 5.31. The summed E-state index contributed by atoms with van der Waals surface area (Å²) in [6.07, 6.45) is 7.99. The molecule has 1 aromatic heterocycles. The number of anilines is 2. The van der Waals surface area contributed by atoms with Gasteiger partial charge in [-0.2, -0.15) is 0 Å². The van der Waals surface area contributed by atoms with Gasteiger partial charge in [-0.3, -0.25) is 10.1 Å². The van der Waals surface area contributed by atoms with E-state index in [0.717, 1.165) is 23.4 Å². The lowest BCUT2D eigenvalue weighted by Gasteiger charge is -2.38. The summed E-state index contributed by atoms with van der Waals surface area (Å²) in [5.41, 5.74) is 1.89. The monoisotopic (exact) mass is 466 g/mol. The topological polar surface area (TPSA) is 99.7 Å². The number of carbonyl (C=O) groups is 2. The number of fused-ring (bicyclic) bond motifs is 2. The summed E-state index contributed by atoms with van der Waals surface area (Å²) >= 11 is 0. The predicted octanol–water partition coefficient (Wildman–Crippen LogP) is 3.03. The van der Waals surface area contributed by atoms with Crippen LogP contribution in [0.3, 0.4) is 0 Å². The van der Waals surface area contributed by atoms with E-state index < -0.39 is 12.2 Å². The first-order chi connectivity index (χ1) is 16.1. The first kappa shape index (κ1) is 22.8. The van der Waals surface area contributed by atoms with Gasteiger partial charge in [-0.05, 0) is 18.9 Å². The van der Waals surface area contributed by atoms with Crippen LogP contribution >= 0.6 is 0 Å². The molecule has 182 valence electrons. The molecule has 2 fully saturated rings. The summed E-state index contributed by atoms with van der Waals surface area (Å²) in [7, 11) is 0. The standard InChI is InChI=1S/C25H34N6O3/c1-14(2)26-12-17(16-6-7-25(4,5)11-16)23(32)31-9-8-30(18-10-19(18)31)22-20-15(3)34-24(33)29-21(20)27-13-28-22/h6-7,11,13-15,17-19,26H,8-10,12H2,1-5H3,(H,27,28,29,33)/t15-,17-,18+,19-/m1/s1. The molecule has 0 bridgehead atoms. The van der Waals surface area contributed by atoms with Crippen LogP contribution in [0.15, 0.2) is 30.1 Å². The van der Waals surface area contributed by atoms with Gasteiger partial charge in [0.2, 0.25) is 5.91 Å². The Labute approximate surface area is 200 Å². The molecule has 0 spiro atoms. The molecule has 1 aromatic rings. The Kier molecular flexibility index (Phi) is 5.62. The van der Waals surface area contributed by atoms with E-state index in [1.54, 1.807) is 0 Å². The second-order valence-corrected chi connectivity index (χ2v) is 10.6. The molecular formula is C25H34N6O3. The minimum Gasteiger partial charge on any atom is -0.441 e. The Morgan fingerprint density at radius 2 is 2.09 bits per heavy atom. The normalized spacial score (nSPS) is 27.5. The lowest BCUT2D eigenvalue weighted by Crippen LogP contribution is -2.52. The molecule has 2 aliphatic heterocycles. The fraction of sp³-hybridized carbons (Fsp3) is 0.600. The van der Waals surface area contributed by atoms with Crippen LogP contribution in [0.5, 0.6) is 0 Å². The van der Waals surface area contributed by atoms with Crippen LogP contribution in [0.25, 0.3) is 0 Å². The third kappa shape index (κ3) is 4.17. The largest absolute Gasteiger partial charge is 0.441 e. The van der Waals surface area contributed by atoms with Crippen molar-refractivity contribution in [1.29, 1.82) is 0 Å². The number of hydrogen-bond acceptors (Lipinski definition) is 7. The molecule has 1 saturated heterocycles. The Balaban J connectivity index is 1.35. The maximum absolute atomic E-state index is 13.8. The van der Waals surface area contributed by atoms with Crippen LogP contribution in [-0.4, -0.2) is 64.6 Å². The highest BCUT2D eigenvalue weighted by atomic mass is 16.6. The maximum atomic E-state index is 13.8. The van der Waals surface area contributed by atoms with Crippen molar-refractivity contribution in [2.75, 3.05) is 29.9 Å². The van der Waals surface area contributed by atoms with E-state index in [1.807, 2.05) is 6.92 Å². The number of aromatic nitrogens is 2. The van der Waals surface area contributed by atoms with Crippen molar-refractivity contribution in [3.63, 3.8) is 0 Å². The van der Waals surface area contributed by atoms with Gasteiger partial charge < -0.3 is 19.9 Å². The summed E-state index contributed by atoms with van der Waals surface area (Å²) in [5, 5.41) is 6.16. The molecule has 0 unspecified atom stereocenters. The summed E-state index contributed by atoms with van der Waals surface area (Å²) in [6.45, 7) is 12.3. The molecule has 4 aliphatic rings. The fourth-order valence-electron chi connectivity index (χ4n) is 5.31. The van der Waals surface area contributed by atoms with Gasteiger partial charge in [-0.1, -0.05) is 45.9 Å². The minimum absolute atomic E-state index is 0.0210. The number of nitrogens with zero attached hydrogens (tertiary/aromatic N) is 4. The van der Waals surface area contributed by atoms with Crippen LogP contribution in [0.2, 0.25) is 0 Å².